The number of rotatable bonds is 6. The van der Waals surface area contributed by atoms with Gasteiger partial charge in [-0.05, 0) is 43.5 Å². The molecule has 2 rings (SSSR count). The van der Waals surface area contributed by atoms with E-state index in [0.29, 0.717) is 24.1 Å². The molecule has 120 valence electrons. The summed E-state index contributed by atoms with van der Waals surface area (Å²) < 4.78 is 4.75. The van der Waals surface area contributed by atoms with Gasteiger partial charge in [-0.2, -0.15) is 0 Å². The molecule has 23 heavy (non-hydrogen) atoms. The minimum absolute atomic E-state index is 0.125. The molecule has 0 aliphatic rings. The van der Waals surface area contributed by atoms with E-state index in [1.165, 1.54) is 7.11 Å². The summed E-state index contributed by atoms with van der Waals surface area (Å²) in [5, 5.41) is 2.82. The Morgan fingerprint density at radius 1 is 1.17 bits per heavy atom. The average molecular weight is 312 g/mol. The molecule has 0 bridgehead atoms. The Hall–Kier alpha value is -2.69. The monoisotopic (exact) mass is 312 g/mol. The largest absolute Gasteiger partial charge is 0.465 e. The zero-order valence-corrected chi connectivity index (χ0v) is 13.3. The third kappa shape index (κ3) is 4.64. The molecule has 5 heteroatoms. The summed E-state index contributed by atoms with van der Waals surface area (Å²) >= 11 is 0. The van der Waals surface area contributed by atoms with Crippen LogP contribution in [0.15, 0.2) is 42.6 Å². The molecule has 1 N–H and O–H groups in total. The number of hydrogen-bond acceptors (Lipinski definition) is 4. The van der Waals surface area contributed by atoms with Crippen molar-refractivity contribution in [2.24, 2.45) is 0 Å². The van der Waals surface area contributed by atoms with Crippen LogP contribution in [0, 0.1) is 6.92 Å². The van der Waals surface area contributed by atoms with Gasteiger partial charge >= 0.3 is 5.97 Å². The summed E-state index contributed by atoms with van der Waals surface area (Å²) in [4.78, 5) is 28.1. The van der Waals surface area contributed by atoms with Gasteiger partial charge in [0, 0.05) is 18.3 Å². The van der Waals surface area contributed by atoms with Gasteiger partial charge in [0.25, 0.3) is 0 Å². The number of para-hydroxylation sites is 1. The Balaban J connectivity index is 1.96. The molecule has 0 saturated carbocycles. The lowest BCUT2D eigenvalue weighted by Crippen LogP contribution is -2.16. The predicted octanol–water partition coefficient (Wildman–Crippen LogP) is 3.14. The summed E-state index contributed by atoms with van der Waals surface area (Å²) in [7, 11) is 1.32. The fraction of sp³-hybridized carbons (Fsp3) is 0.278. The summed E-state index contributed by atoms with van der Waals surface area (Å²) in [5.41, 5.74) is 2.67. The van der Waals surface area contributed by atoms with E-state index in [-0.39, 0.29) is 5.91 Å². The lowest BCUT2D eigenvalue weighted by molar-refractivity contribution is -0.116. The van der Waals surface area contributed by atoms with E-state index in [1.807, 2.05) is 31.2 Å². The number of nitrogens with zero attached hydrogens (tertiary/aromatic N) is 1. The third-order valence-electron chi connectivity index (χ3n) is 3.51. The lowest BCUT2D eigenvalue weighted by atomic mass is 10.1. The number of pyridine rings is 1. The number of anilines is 1. The van der Waals surface area contributed by atoms with Crippen LogP contribution in [0.2, 0.25) is 0 Å². The molecule has 2 aromatic rings. The Kier molecular flexibility index (Phi) is 5.86. The van der Waals surface area contributed by atoms with Crippen molar-refractivity contribution in [3.63, 3.8) is 0 Å². The SMILES string of the molecule is COC(=O)c1cccc(C)c1NC(=O)CCCc1ccccn1. The van der Waals surface area contributed by atoms with E-state index in [4.69, 9.17) is 4.74 Å². The maximum absolute atomic E-state index is 12.1. The zero-order chi connectivity index (χ0) is 16.7. The smallest absolute Gasteiger partial charge is 0.339 e. The van der Waals surface area contributed by atoms with Crippen LogP contribution in [0.1, 0.15) is 34.5 Å². The molecule has 0 aliphatic heterocycles. The number of benzene rings is 1. The number of nitrogens with one attached hydrogen (secondary N) is 1. The number of amides is 1. The Bertz CT molecular complexity index is 684. The number of aryl methyl sites for hydroxylation is 2. The lowest BCUT2D eigenvalue weighted by Gasteiger charge is -2.12. The summed E-state index contributed by atoms with van der Waals surface area (Å²) in [5.74, 6) is -0.585. The van der Waals surface area contributed by atoms with Crippen LogP contribution in [0.5, 0.6) is 0 Å². The van der Waals surface area contributed by atoms with Crippen molar-refractivity contribution in [1.29, 1.82) is 0 Å². The first-order valence-electron chi connectivity index (χ1n) is 7.49. The van der Waals surface area contributed by atoms with Gasteiger partial charge in [-0.25, -0.2) is 4.79 Å². The number of ether oxygens (including phenoxy) is 1. The molecule has 0 saturated heterocycles. The maximum atomic E-state index is 12.1. The van der Waals surface area contributed by atoms with Crippen LogP contribution >= 0.6 is 0 Å². The Morgan fingerprint density at radius 3 is 2.70 bits per heavy atom. The van der Waals surface area contributed by atoms with Gasteiger partial charge < -0.3 is 10.1 Å². The molecule has 1 aromatic heterocycles. The normalized spacial score (nSPS) is 10.2. The number of carbonyl (C=O) groups is 2. The second kappa shape index (κ2) is 8.08. The first-order chi connectivity index (χ1) is 11.1. The molecular weight excluding hydrogens is 292 g/mol. The standard InChI is InChI=1S/C18H20N2O3/c1-13-7-5-10-15(18(22)23-2)17(13)20-16(21)11-6-9-14-8-3-4-12-19-14/h3-5,7-8,10,12H,6,9,11H2,1-2H3,(H,20,21). The number of aromatic nitrogens is 1. The first-order valence-corrected chi connectivity index (χ1v) is 7.49. The second-order valence-corrected chi connectivity index (χ2v) is 5.21. The van der Waals surface area contributed by atoms with Crippen LogP contribution in [0.4, 0.5) is 5.69 Å². The molecular formula is C18H20N2O3. The van der Waals surface area contributed by atoms with Gasteiger partial charge in [-0.3, -0.25) is 9.78 Å². The number of hydrogen-bond donors (Lipinski definition) is 1. The number of carbonyl (C=O) groups excluding carboxylic acids is 2. The molecule has 1 amide bonds. The van der Waals surface area contributed by atoms with Crippen LogP contribution in [-0.4, -0.2) is 24.0 Å². The molecule has 0 atom stereocenters. The van der Waals surface area contributed by atoms with Gasteiger partial charge in [-0.1, -0.05) is 18.2 Å². The molecule has 0 radical (unpaired) electrons. The summed E-state index contributed by atoms with van der Waals surface area (Å²) in [6.07, 6.45) is 3.55. The van der Waals surface area contributed by atoms with E-state index < -0.39 is 5.97 Å². The van der Waals surface area contributed by atoms with Crippen molar-refractivity contribution in [3.05, 3.63) is 59.4 Å². The van der Waals surface area contributed by atoms with Gasteiger partial charge in [0.15, 0.2) is 0 Å². The van der Waals surface area contributed by atoms with E-state index in [1.54, 1.807) is 18.3 Å². The average Bonchev–Trinajstić information content (AvgIpc) is 2.57. The van der Waals surface area contributed by atoms with Crippen molar-refractivity contribution >= 4 is 17.6 Å². The van der Waals surface area contributed by atoms with Gasteiger partial charge in [0.1, 0.15) is 0 Å². The van der Waals surface area contributed by atoms with Crippen molar-refractivity contribution in [2.45, 2.75) is 26.2 Å². The van der Waals surface area contributed by atoms with Crippen molar-refractivity contribution < 1.29 is 14.3 Å². The van der Waals surface area contributed by atoms with Crippen LogP contribution < -0.4 is 5.32 Å². The Labute approximate surface area is 135 Å². The predicted molar refractivity (Wildman–Crippen MR) is 88.3 cm³/mol. The number of esters is 1. The van der Waals surface area contributed by atoms with Gasteiger partial charge in [-0.15, -0.1) is 0 Å². The maximum Gasteiger partial charge on any atom is 0.339 e. The first kappa shape index (κ1) is 16.7. The van der Waals surface area contributed by atoms with Crippen molar-refractivity contribution in [1.82, 2.24) is 4.98 Å². The van der Waals surface area contributed by atoms with Crippen LogP contribution in [0.25, 0.3) is 0 Å². The Morgan fingerprint density at radius 2 is 2.00 bits per heavy atom. The van der Waals surface area contributed by atoms with Crippen molar-refractivity contribution in [3.8, 4) is 0 Å². The van der Waals surface area contributed by atoms with E-state index in [2.05, 4.69) is 10.3 Å². The quantitative estimate of drug-likeness (QED) is 0.832. The zero-order valence-electron chi connectivity index (χ0n) is 13.3. The van der Waals surface area contributed by atoms with E-state index in [9.17, 15) is 9.59 Å². The van der Waals surface area contributed by atoms with Gasteiger partial charge in [0.2, 0.25) is 5.91 Å². The molecule has 0 spiro atoms. The highest BCUT2D eigenvalue weighted by Crippen LogP contribution is 2.21. The molecule has 0 unspecified atom stereocenters. The van der Waals surface area contributed by atoms with Crippen molar-refractivity contribution in [2.75, 3.05) is 12.4 Å². The fourth-order valence-corrected chi connectivity index (χ4v) is 2.29. The molecule has 0 aliphatic carbocycles. The molecule has 1 aromatic carbocycles. The third-order valence-corrected chi connectivity index (χ3v) is 3.51. The summed E-state index contributed by atoms with van der Waals surface area (Å²) in [6, 6.07) is 11.0. The van der Waals surface area contributed by atoms with Gasteiger partial charge in [0.05, 0.1) is 18.4 Å². The molecule has 1 heterocycles. The van der Waals surface area contributed by atoms with E-state index >= 15 is 0 Å². The number of methoxy groups -OCH3 is 1. The van der Waals surface area contributed by atoms with E-state index in [0.717, 1.165) is 17.7 Å². The second-order valence-electron chi connectivity index (χ2n) is 5.21. The van der Waals surface area contributed by atoms with Crippen LogP contribution in [0.3, 0.4) is 0 Å². The topological polar surface area (TPSA) is 68.3 Å². The highest BCUT2D eigenvalue weighted by Gasteiger charge is 2.15. The summed E-state index contributed by atoms with van der Waals surface area (Å²) in [6.45, 7) is 1.84. The molecule has 0 fully saturated rings. The highest BCUT2D eigenvalue weighted by molar-refractivity contribution is 6.02. The minimum Gasteiger partial charge on any atom is -0.465 e. The highest BCUT2D eigenvalue weighted by atomic mass is 16.5. The minimum atomic E-state index is -0.461. The molecule has 5 nitrogen and oxygen atoms in total. The van der Waals surface area contributed by atoms with Crippen LogP contribution in [-0.2, 0) is 16.0 Å². The fourth-order valence-electron chi connectivity index (χ4n) is 2.29.